The topological polar surface area (TPSA) is 72.1 Å². The highest BCUT2D eigenvalue weighted by Gasteiger charge is 2.21. The molecule has 2 aromatic carbocycles. The maximum absolute atomic E-state index is 11.7. The lowest BCUT2D eigenvalue weighted by Crippen LogP contribution is -2.24. The normalized spacial score (nSPS) is 15.0. The molecule has 3 aromatic rings. The number of carboxylic acid groups (broad SMARTS) is 1. The summed E-state index contributed by atoms with van der Waals surface area (Å²) in [5, 5.41) is 9.61. The van der Waals surface area contributed by atoms with Crippen LogP contribution >= 0.6 is 0 Å². The standard InChI is InChI=1S/C24H23NO4.C4H8O/c1-2-28-23-8-4-3-7-21(23)17-9-10-22-19(14-17)15-18(24(26)27)11-12-25(22)16-20-6-5-13-29-20;1-2-4-5-3-1/h3-10,13-15H,2,11-12,16H2,1H3,(H,26,27);1-4H2. The van der Waals surface area contributed by atoms with Crippen molar-refractivity contribution in [3.05, 3.63) is 77.8 Å². The third-order valence-electron chi connectivity index (χ3n) is 5.88. The van der Waals surface area contributed by atoms with Crippen molar-refractivity contribution in [2.45, 2.75) is 32.7 Å². The predicted molar refractivity (Wildman–Crippen MR) is 133 cm³/mol. The fraction of sp³-hybridized carbons (Fsp3) is 0.321. The fourth-order valence-electron chi connectivity index (χ4n) is 4.18. The first-order valence-electron chi connectivity index (χ1n) is 11.8. The SMILES string of the molecule is C1CCOC1.CCOc1ccccc1-c1ccc2c(c1)C=C(C(=O)O)CCN2Cc1ccco1. The molecule has 0 bridgehead atoms. The molecule has 1 fully saturated rings. The summed E-state index contributed by atoms with van der Waals surface area (Å²) in [6.45, 7) is 5.75. The van der Waals surface area contributed by atoms with Crippen molar-refractivity contribution in [1.82, 2.24) is 0 Å². The molecule has 1 aromatic heterocycles. The quantitative estimate of drug-likeness (QED) is 0.484. The monoisotopic (exact) mass is 461 g/mol. The third-order valence-corrected chi connectivity index (χ3v) is 5.88. The van der Waals surface area contributed by atoms with E-state index in [-0.39, 0.29) is 0 Å². The zero-order valence-corrected chi connectivity index (χ0v) is 19.5. The van der Waals surface area contributed by atoms with E-state index in [4.69, 9.17) is 13.9 Å². The van der Waals surface area contributed by atoms with E-state index in [9.17, 15) is 9.90 Å². The number of ether oxygens (including phenoxy) is 2. The Bertz CT molecular complexity index is 1110. The van der Waals surface area contributed by atoms with Crippen molar-refractivity contribution in [1.29, 1.82) is 0 Å². The lowest BCUT2D eigenvalue weighted by atomic mass is 9.99. The Labute approximate surface area is 200 Å². The number of hydrogen-bond acceptors (Lipinski definition) is 5. The molecule has 1 saturated heterocycles. The summed E-state index contributed by atoms with van der Waals surface area (Å²) < 4.78 is 16.2. The minimum Gasteiger partial charge on any atom is -0.493 e. The first-order valence-corrected chi connectivity index (χ1v) is 11.8. The summed E-state index contributed by atoms with van der Waals surface area (Å²) in [5.41, 5.74) is 4.27. The third kappa shape index (κ3) is 5.88. The molecule has 0 spiro atoms. The molecule has 1 N–H and O–H groups in total. The van der Waals surface area contributed by atoms with Gasteiger partial charge >= 0.3 is 5.97 Å². The molecular weight excluding hydrogens is 430 g/mol. The average Bonchev–Trinajstić information content (AvgIpc) is 3.56. The van der Waals surface area contributed by atoms with Gasteiger partial charge in [0, 0.05) is 36.6 Å². The molecule has 0 atom stereocenters. The molecule has 0 saturated carbocycles. The van der Waals surface area contributed by atoms with Gasteiger partial charge in [-0.05, 0) is 73.7 Å². The van der Waals surface area contributed by atoms with Gasteiger partial charge in [0.25, 0.3) is 0 Å². The van der Waals surface area contributed by atoms with Crippen LogP contribution in [0.2, 0.25) is 0 Å². The van der Waals surface area contributed by atoms with Crippen LogP contribution in [-0.4, -0.2) is 37.4 Å². The summed E-state index contributed by atoms with van der Waals surface area (Å²) in [7, 11) is 0. The van der Waals surface area contributed by atoms with Crippen molar-refractivity contribution >= 4 is 17.7 Å². The second-order valence-electron chi connectivity index (χ2n) is 8.25. The summed E-state index contributed by atoms with van der Waals surface area (Å²) in [4.78, 5) is 13.9. The second kappa shape index (κ2) is 11.6. The summed E-state index contributed by atoms with van der Waals surface area (Å²) in [6.07, 6.45) is 6.46. The van der Waals surface area contributed by atoms with Crippen LogP contribution in [0, 0.1) is 0 Å². The molecule has 2 aliphatic rings. The number of carboxylic acids is 1. The molecule has 178 valence electrons. The fourth-order valence-corrected chi connectivity index (χ4v) is 4.18. The number of nitrogens with zero attached hydrogens (tertiary/aromatic N) is 1. The lowest BCUT2D eigenvalue weighted by Gasteiger charge is -2.24. The first-order chi connectivity index (χ1) is 16.7. The highest BCUT2D eigenvalue weighted by Crippen LogP contribution is 2.36. The van der Waals surface area contributed by atoms with E-state index >= 15 is 0 Å². The number of fused-ring (bicyclic) bond motifs is 1. The molecule has 0 amide bonds. The molecular formula is C28H31NO5. The zero-order chi connectivity index (χ0) is 23.8. The number of benzene rings is 2. The Morgan fingerprint density at radius 2 is 1.91 bits per heavy atom. The van der Waals surface area contributed by atoms with E-state index in [1.165, 1.54) is 12.8 Å². The highest BCUT2D eigenvalue weighted by atomic mass is 16.5. The molecule has 0 unspecified atom stereocenters. The van der Waals surface area contributed by atoms with E-state index in [2.05, 4.69) is 17.0 Å². The van der Waals surface area contributed by atoms with Crippen molar-refractivity contribution < 1.29 is 23.8 Å². The van der Waals surface area contributed by atoms with Gasteiger partial charge in [0.1, 0.15) is 11.5 Å². The van der Waals surface area contributed by atoms with Crippen LogP contribution < -0.4 is 9.64 Å². The van der Waals surface area contributed by atoms with Gasteiger partial charge in [-0.15, -0.1) is 0 Å². The van der Waals surface area contributed by atoms with Crippen molar-refractivity contribution in [3.8, 4) is 16.9 Å². The molecule has 0 aliphatic carbocycles. The molecule has 2 aliphatic heterocycles. The Balaban J connectivity index is 0.000000486. The average molecular weight is 462 g/mol. The van der Waals surface area contributed by atoms with Gasteiger partial charge in [0.05, 0.1) is 19.4 Å². The Morgan fingerprint density at radius 3 is 2.59 bits per heavy atom. The van der Waals surface area contributed by atoms with Gasteiger partial charge in [0.15, 0.2) is 0 Å². The van der Waals surface area contributed by atoms with Crippen LogP contribution in [0.25, 0.3) is 17.2 Å². The van der Waals surface area contributed by atoms with E-state index in [0.717, 1.165) is 47.1 Å². The van der Waals surface area contributed by atoms with Crippen molar-refractivity contribution in [2.24, 2.45) is 0 Å². The molecule has 6 heteroatoms. The number of anilines is 1. The van der Waals surface area contributed by atoms with Crippen LogP contribution in [0.5, 0.6) is 5.75 Å². The molecule has 34 heavy (non-hydrogen) atoms. The minimum absolute atomic E-state index is 0.406. The second-order valence-corrected chi connectivity index (χ2v) is 8.25. The number of carbonyl (C=O) groups is 1. The van der Waals surface area contributed by atoms with Gasteiger partial charge in [-0.25, -0.2) is 4.79 Å². The Morgan fingerprint density at radius 1 is 1.09 bits per heavy atom. The first kappa shape index (κ1) is 23.6. The Kier molecular flexibility index (Phi) is 8.04. The number of hydrogen-bond donors (Lipinski definition) is 1. The maximum Gasteiger partial charge on any atom is 0.331 e. The number of para-hydroxylation sites is 1. The predicted octanol–water partition coefficient (Wildman–Crippen LogP) is 6.02. The molecule has 3 heterocycles. The molecule has 0 radical (unpaired) electrons. The highest BCUT2D eigenvalue weighted by molar-refractivity contribution is 5.94. The largest absolute Gasteiger partial charge is 0.493 e. The van der Waals surface area contributed by atoms with Crippen LogP contribution in [0.1, 0.15) is 37.5 Å². The number of rotatable bonds is 6. The van der Waals surface area contributed by atoms with Gasteiger partial charge in [-0.1, -0.05) is 24.3 Å². The van der Waals surface area contributed by atoms with E-state index in [0.29, 0.717) is 31.7 Å². The minimum atomic E-state index is -0.879. The van der Waals surface area contributed by atoms with Crippen molar-refractivity contribution in [3.63, 3.8) is 0 Å². The van der Waals surface area contributed by atoms with Gasteiger partial charge in [-0.2, -0.15) is 0 Å². The molecule has 5 rings (SSSR count). The Hall–Kier alpha value is -3.51. The van der Waals surface area contributed by atoms with Crippen molar-refractivity contribution in [2.75, 3.05) is 31.3 Å². The van der Waals surface area contributed by atoms with E-state index < -0.39 is 5.97 Å². The smallest absolute Gasteiger partial charge is 0.331 e. The zero-order valence-electron chi connectivity index (χ0n) is 19.5. The van der Waals surface area contributed by atoms with Crippen LogP contribution in [-0.2, 0) is 16.1 Å². The lowest BCUT2D eigenvalue weighted by molar-refractivity contribution is -0.132. The summed E-state index contributed by atoms with van der Waals surface area (Å²) in [5.74, 6) is 0.787. The maximum atomic E-state index is 11.7. The number of aliphatic carboxylic acids is 1. The van der Waals surface area contributed by atoms with E-state index in [1.807, 2.05) is 49.4 Å². The number of furan rings is 1. The summed E-state index contributed by atoms with van der Waals surface area (Å²) >= 11 is 0. The van der Waals surface area contributed by atoms with Crippen LogP contribution in [0.15, 0.2) is 70.9 Å². The molecule has 6 nitrogen and oxygen atoms in total. The van der Waals surface area contributed by atoms with E-state index in [1.54, 1.807) is 12.3 Å². The van der Waals surface area contributed by atoms with Crippen LogP contribution in [0.3, 0.4) is 0 Å². The van der Waals surface area contributed by atoms with Gasteiger partial charge < -0.3 is 23.9 Å². The van der Waals surface area contributed by atoms with Crippen LogP contribution in [0.4, 0.5) is 5.69 Å². The van der Waals surface area contributed by atoms with Gasteiger partial charge in [0.2, 0.25) is 0 Å². The van der Waals surface area contributed by atoms with Gasteiger partial charge in [-0.3, -0.25) is 0 Å². The summed E-state index contributed by atoms with van der Waals surface area (Å²) in [6, 6.07) is 17.8.